The van der Waals surface area contributed by atoms with Gasteiger partial charge in [0.05, 0.1) is 25.2 Å². The van der Waals surface area contributed by atoms with Crippen LogP contribution in [-0.2, 0) is 14.3 Å². The van der Waals surface area contributed by atoms with Crippen LogP contribution in [0.2, 0.25) is 0 Å². The van der Waals surface area contributed by atoms with Crippen molar-refractivity contribution in [3.05, 3.63) is 60.2 Å². The largest absolute Gasteiger partial charge is 0.465 e. The molecule has 0 aliphatic carbocycles. The van der Waals surface area contributed by atoms with Gasteiger partial charge in [-0.3, -0.25) is 4.79 Å². The van der Waals surface area contributed by atoms with Crippen LogP contribution < -0.4 is 0 Å². The molecule has 0 N–H and O–H groups in total. The third-order valence-electron chi connectivity index (χ3n) is 4.36. The van der Waals surface area contributed by atoms with Crippen molar-refractivity contribution in [1.29, 1.82) is 0 Å². The molecule has 0 aromatic heterocycles. The SMILES string of the molecule is O=C1CC(COC(=O)c2c3ccccc3cc3ccccc23)CO1. The predicted octanol–water partition coefficient (Wildman–Crippen LogP) is 3.71. The van der Waals surface area contributed by atoms with E-state index in [0.717, 1.165) is 21.5 Å². The first kappa shape index (κ1) is 14.7. The average molecular weight is 320 g/mol. The molecule has 0 spiro atoms. The van der Waals surface area contributed by atoms with Gasteiger partial charge in [-0.2, -0.15) is 0 Å². The Labute approximate surface area is 139 Å². The summed E-state index contributed by atoms with van der Waals surface area (Å²) in [4.78, 5) is 23.9. The molecule has 0 amide bonds. The Morgan fingerprint density at radius 1 is 1.04 bits per heavy atom. The van der Waals surface area contributed by atoms with Crippen LogP contribution >= 0.6 is 0 Å². The molecule has 4 rings (SSSR count). The zero-order valence-electron chi connectivity index (χ0n) is 13.0. The molecule has 1 atom stereocenters. The van der Waals surface area contributed by atoms with Crippen molar-refractivity contribution in [3.63, 3.8) is 0 Å². The number of cyclic esters (lactones) is 1. The average Bonchev–Trinajstić information content (AvgIpc) is 3.03. The van der Waals surface area contributed by atoms with E-state index in [0.29, 0.717) is 18.6 Å². The number of carbonyl (C=O) groups is 2. The van der Waals surface area contributed by atoms with Crippen LogP contribution in [0.25, 0.3) is 21.5 Å². The van der Waals surface area contributed by atoms with Crippen LogP contribution in [0, 0.1) is 5.92 Å². The van der Waals surface area contributed by atoms with Crippen LogP contribution in [0.5, 0.6) is 0 Å². The molecule has 1 heterocycles. The third kappa shape index (κ3) is 2.60. The van der Waals surface area contributed by atoms with E-state index in [4.69, 9.17) is 9.47 Å². The molecule has 0 saturated carbocycles. The second-order valence-electron chi connectivity index (χ2n) is 6.05. The summed E-state index contributed by atoms with van der Waals surface area (Å²) < 4.78 is 10.4. The van der Waals surface area contributed by atoms with Gasteiger partial charge in [0.1, 0.15) is 0 Å². The molecule has 120 valence electrons. The number of rotatable bonds is 3. The van der Waals surface area contributed by atoms with Gasteiger partial charge in [-0.05, 0) is 27.6 Å². The summed E-state index contributed by atoms with van der Waals surface area (Å²) in [6.07, 6.45) is 0.309. The van der Waals surface area contributed by atoms with Crippen molar-refractivity contribution in [2.45, 2.75) is 6.42 Å². The fourth-order valence-electron chi connectivity index (χ4n) is 3.17. The molecule has 4 nitrogen and oxygen atoms in total. The maximum Gasteiger partial charge on any atom is 0.339 e. The quantitative estimate of drug-likeness (QED) is 0.545. The van der Waals surface area contributed by atoms with Crippen LogP contribution in [0.3, 0.4) is 0 Å². The lowest BCUT2D eigenvalue weighted by atomic mass is 9.97. The topological polar surface area (TPSA) is 52.6 Å². The normalized spacial score (nSPS) is 17.2. The molecular formula is C20H16O4. The Morgan fingerprint density at radius 3 is 2.25 bits per heavy atom. The molecule has 1 saturated heterocycles. The molecular weight excluding hydrogens is 304 g/mol. The first-order chi connectivity index (χ1) is 11.7. The number of benzene rings is 3. The van der Waals surface area contributed by atoms with Gasteiger partial charge in [0, 0.05) is 5.92 Å². The standard InChI is InChI=1S/C20H16O4/c21-18-9-13(11-23-18)12-24-20(22)19-16-7-3-1-5-14(16)10-15-6-2-4-8-17(15)19/h1-8,10,13H,9,11-12H2. The highest BCUT2D eigenvalue weighted by molar-refractivity contribution is 6.16. The smallest absolute Gasteiger partial charge is 0.339 e. The van der Waals surface area contributed by atoms with Crippen molar-refractivity contribution < 1.29 is 19.1 Å². The Kier molecular flexibility index (Phi) is 3.65. The van der Waals surface area contributed by atoms with E-state index in [1.165, 1.54) is 0 Å². The van der Waals surface area contributed by atoms with Crippen molar-refractivity contribution in [2.75, 3.05) is 13.2 Å². The fraction of sp³-hybridized carbons (Fsp3) is 0.200. The highest BCUT2D eigenvalue weighted by Gasteiger charge is 2.26. The van der Waals surface area contributed by atoms with Crippen LogP contribution in [0.15, 0.2) is 54.6 Å². The highest BCUT2D eigenvalue weighted by atomic mass is 16.6. The summed E-state index contributed by atoms with van der Waals surface area (Å²) in [5.74, 6) is -0.642. The van der Waals surface area contributed by atoms with Crippen LogP contribution in [0.1, 0.15) is 16.8 Å². The lowest BCUT2D eigenvalue weighted by molar-refractivity contribution is -0.137. The first-order valence-corrected chi connectivity index (χ1v) is 7.95. The van der Waals surface area contributed by atoms with E-state index in [1.54, 1.807) is 0 Å². The number of esters is 2. The third-order valence-corrected chi connectivity index (χ3v) is 4.36. The minimum atomic E-state index is -0.359. The van der Waals surface area contributed by atoms with Gasteiger partial charge < -0.3 is 9.47 Å². The van der Waals surface area contributed by atoms with E-state index in [1.807, 2.05) is 48.5 Å². The maximum atomic E-state index is 12.8. The van der Waals surface area contributed by atoms with E-state index >= 15 is 0 Å². The van der Waals surface area contributed by atoms with Crippen molar-refractivity contribution in [1.82, 2.24) is 0 Å². The van der Waals surface area contributed by atoms with Crippen molar-refractivity contribution >= 4 is 33.5 Å². The van der Waals surface area contributed by atoms with E-state index in [2.05, 4.69) is 6.07 Å². The zero-order chi connectivity index (χ0) is 16.5. The van der Waals surface area contributed by atoms with Crippen LogP contribution in [0.4, 0.5) is 0 Å². The summed E-state index contributed by atoms with van der Waals surface area (Å²) in [5.41, 5.74) is 0.578. The van der Waals surface area contributed by atoms with Crippen molar-refractivity contribution in [3.8, 4) is 0 Å². The first-order valence-electron chi connectivity index (χ1n) is 7.95. The molecule has 1 fully saturated rings. The Hall–Kier alpha value is -2.88. The summed E-state index contributed by atoms with van der Waals surface area (Å²) in [6.45, 7) is 0.518. The maximum absolute atomic E-state index is 12.8. The minimum absolute atomic E-state index is 0.0531. The second kappa shape index (κ2) is 5.96. The second-order valence-corrected chi connectivity index (χ2v) is 6.05. The summed E-state index contributed by atoms with van der Waals surface area (Å²) >= 11 is 0. The molecule has 1 aliphatic rings. The summed E-state index contributed by atoms with van der Waals surface area (Å²) in [7, 11) is 0. The van der Waals surface area contributed by atoms with E-state index in [-0.39, 0.29) is 24.5 Å². The van der Waals surface area contributed by atoms with Gasteiger partial charge in [-0.15, -0.1) is 0 Å². The molecule has 3 aromatic carbocycles. The monoisotopic (exact) mass is 320 g/mol. The molecule has 24 heavy (non-hydrogen) atoms. The van der Waals surface area contributed by atoms with Gasteiger partial charge >= 0.3 is 11.9 Å². The Morgan fingerprint density at radius 2 is 1.67 bits per heavy atom. The molecule has 1 aliphatic heterocycles. The molecule has 3 aromatic rings. The lowest BCUT2D eigenvalue weighted by Gasteiger charge is -2.12. The number of carbonyl (C=O) groups excluding carboxylic acids is 2. The van der Waals surface area contributed by atoms with Crippen LogP contribution in [-0.4, -0.2) is 25.2 Å². The minimum Gasteiger partial charge on any atom is -0.465 e. The van der Waals surface area contributed by atoms with Gasteiger partial charge in [-0.1, -0.05) is 48.5 Å². The predicted molar refractivity (Wildman–Crippen MR) is 90.8 cm³/mol. The highest BCUT2D eigenvalue weighted by Crippen LogP contribution is 2.29. The Balaban J connectivity index is 1.72. The number of ether oxygens (including phenoxy) is 2. The van der Waals surface area contributed by atoms with Gasteiger partial charge in [0.25, 0.3) is 0 Å². The van der Waals surface area contributed by atoms with Gasteiger partial charge in [-0.25, -0.2) is 4.79 Å². The molecule has 0 bridgehead atoms. The van der Waals surface area contributed by atoms with Crippen molar-refractivity contribution in [2.24, 2.45) is 5.92 Å². The van der Waals surface area contributed by atoms with E-state index in [9.17, 15) is 9.59 Å². The summed E-state index contributed by atoms with van der Waals surface area (Å²) in [5, 5.41) is 3.75. The molecule has 4 heteroatoms. The molecule has 1 unspecified atom stereocenters. The fourth-order valence-corrected chi connectivity index (χ4v) is 3.17. The number of fused-ring (bicyclic) bond motifs is 2. The Bertz CT molecular complexity index is 891. The summed E-state index contributed by atoms with van der Waals surface area (Å²) in [6, 6.07) is 17.6. The lowest BCUT2D eigenvalue weighted by Crippen LogP contribution is -2.15. The van der Waals surface area contributed by atoms with Gasteiger partial charge in [0.15, 0.2) is 0 Å². The van der Waals surface area contributed by atoms with Gasteiger partial charge in [0.2, 0.25) is 0 Å². The molecule has 0 radical (unpaired) electrons. The zero-order valence-corrected chi connectivity index (χ0v) is 13.0. The number of hydrogen-bond donors (Lipinski definition) is 0. The van der Waals surface area contributed by atoms with E-state index < -0.39 is 0 Å². The number of hydrogen-bond acceptors (Lipinski definition) is 4.